The van der Waals surface area contributed by atoms with Crippen LogP contribution in [0.2, 0.25) is 0 Å². The number of rotatable bonds is 4. The van der Waals surface area contributed by atoms with Gasteiger partial charge in [0, 0.05) is 24.8 Å². The van der Waals surface area contributed by atoms with Crippen molar-refractivity contribution in [1.82, 2.24) is 5.32 Å². The predicted octanol–water partition coefficient (Wildman–Crippen LogP) is 1.83. The molecule has 1 aliphatic rings. The summed E-state index contributed by atoms with van der Waals surface area (Å²) < 4.78 is 5.70. The van der Waals surface area contributed by atoms with Gasteiger partial charge in [0.2, 0.25) is 5.91 Å². The van der Waals surface area contributed by atoms with Crippen LogP contribution in [0.1, 0.15) is 42.6 Å². The Morgan fingerprint density at radius 3 is 2.89 bits per heavy atom. The molecule has 1 fully saturated rings. The van der Waals surface area contributed by atoms with E-state index in [2.05, 4.69) is 19.2 Å². The van der Waals surface area contributed by atoms with Gasteiger partial charge in [-0.1, -0.05) is 18.2 Å². The number of hydrogen-bond donors (Lipinski definition) is 2. The van der Waals surface area contributed by atoms with Gasteiger partial charge in [-0.15, -0.1) is 0 Å². The van der Waals surface area contributed by atoms with Crippen LogP contribution in [0.4, 0.5) is 0 Å². The van der Waals surface area contributed by atoms with E-state index in [0.29, 0.717) is 18.2 Å². The summed E-state index contributed by atoms with van der Waals surface area (Å²) in [7, 11) is 0. The highest BCUT2D eigenvalue weighted by atomic mass is 16.5. The number of nitrogens with one attached hydrogen (secondary N) is 1. The first kappa shape index (κ1) is 14.0. The summed E-state index contributed by atoms with van der Waals surface area (Å²) in [5, 5.41) is 3.50. The van der Waals surface area contributed by atoms with Gasteiger partial charge in [-0.05, 0) is 38.3 Å². The second-order valence-corrected chi connectivity index (χ2v) is 5.70. The Hall–Kier alpha value is -1.39. The van der Waals surface area contributed by atoms with Crippen molar-refractivity contribution >= 4 is 5.91 Å². The molecule has 2 rings (SSSR count). The molecule has 0 spiro atoms. The fourth-order valence-corrected chi connectivity index (χ4v) is 2.58. The topological polar surface area (TPSA) is 64.3 Å². The molecule has 1 heterocycles. The first-order valence-electron chi connectivity index (χ1n) is 6.73. The molecule has 1 aliphatic heterocycles. The van der Waals surface area contributed by atoms with Crippen LogP contribution in [0.15, 0.2) is 24.3 Å². The molecule has 1 saturated heterocycles. The van der Waals surface area contributed by atoms with Gasteiger partial charge in [-0.2, -0.15) is 0 Å². The first-order chi connectivity index (χ1) is 8.98. The molecule has 1 aromatic rings. The van der Waals surface area contributed by atoms with E-state index in [1.54, 1.807) is 6.07 Å². The Bertz CT molecular complexity index is 457. The van der Waals surface area contributed by atoms with E-state index < -0.39 is 0 Å². The molecule has 104 valence electrons. The molecule has 0 aromatic heterocycles. The summed E-state index contributed by atoms with van der Waals surface area (Å²) in [6, 6.07) is 7.90. The van der Waals surface area contributed by atoms with Crippen LogP contribution in [-0.2, 0) is 11.3 Å². The van der Waals surface area contributed by atoms with E-state index >= 15 is 0 Å². The summed E-state index contributed by atoms with van der Waals surface area (Å²) in [5.41, 5.74) is 6.87. The predicted molar refractivity (Wildman–Crippen MR) is 74.9 cm³/mol. The quantitative estimate of drug-likeness (QED) is 0.870. The maximum atomic E-state index is 11.4. The van der Waals surface area contributed by atoms with Gasteiger partial charge in [0.05, 0.1) is 5.60 Å². The van der Waals surface area contributed by atoms with Gasteiger partial charge < -0.3 is 15.8 Å². The van der Waals surface area contributed by atoms with Crippen LogP contribution in [-0.4, -0.2) is 24.2 Å². The van der Waals surface area contributed by atoms with Crippen molar-refractivity contribution in [2.45, 2.75) is 44.9 Å². The maximum Gasteiger partial charge on any atom is 0.249 e. The third-order valence-corrected chi connectivity index (χ3v) is 3.56. The molecule has 1 amide bonds. The Balaban J connectivity index is 1.97. The third-order valence-electron chi connectivity index (χ3n) is 3.56. The lowest BCUT2D eigenvalue weighted by Crippen LogP contribution is -2.43. The van der Waals surface area contributed by atoms with Crippen LogP contribution in [0.3, 0.4) is 0 Å². The van der Waals surface area contributed by atoms with Crippen molar-refractivity contribution < 1.29 is 9.53 Å². The number of benzene rings is 1. The molecular formula is C15H22N2O2. The smallest absolute Gasteiger partial charge is 0.249 e. The molecule has 1 unspecified atom stereocenters. The van der Waals surface area contributed by atoms with Crippen molar-refractivity contribution in [1.29, 1.82) is 0 Å². The fourth-order valence-electron chi connectivity index (χ4n) is 2.58. The SMILES string of the molecule is CC1(C)CC(NCc2ccccc2C(N)=O)CCO1. The average molecular weight is 262 g/mol. The first-order valence-corrected chi connectivity index (χ1v) is 6.73. The summed E-state index contributed by atoms with van der Waals surface area (Å²) in [4.78, 5) is 11.4. The summed E-state index contributed by atoms with van der Waals surface area (Å²) in [6.45, 7) is 5.67. The highest BCUT2D eigenvalue weighted by Crippen LogP contribution is 2.24. The monoisotopic (exact) mass is 262 g/mol. The highest BCUT2D eigenvalue weighted by molar-refractivity contribution is 5.94. The average Bonchev–Trinajstić information content (AvgIpc) is 2.35. The molecule has 1 atom stereocenters. The van der Waals surface area contributed by atoms with Crippen LogP contribution in [0, 0.1) is 0 Å². The number of amides is 1. The zero-order valence-electron chi connectivity index (χ0n) is 11.6. The second-order valence-electron chi connectivity index (χ2n) is 5.70. The molecule has 4 heteroatoms. The van der Waals surface area contributed by atoms with Gasteiger partial charge in [0.1, 0.15) is 0 Å². The van der Waals surface area contributed by atoms with Gasteiger partial charge in [0.25, 0.3) is 0 Å². The minimum Gasteiger partial charge on any atom is -0.375 e. The summed E-state index contributed by atoms with van der Waals surface area (Å²) >= 11 is 0. The van der Waals surface area contributed by atoms with Crippen molar-refractivity contribution in [2.75, 3.05) is 6.61 Å². The molecular weight excluding hydrogens is 240 g/mol. The molecule has 0 radical (unpaired) electrons. The highest BCUT2D eigenvalue weighted by Gasteiger charge is 2.28. The molecule has 0 saturated carbocycles. The molecule has 4 nitrogen and oxygen atoms in total. The molecule has 3 N–H and O–H groups in total. The van der Waals surface area contributed by atoms with Crippen molar-refractivity contribution in [3.05, 3.63) is 35.4 Å². The van der Waals surface area contributed by atoms with Crippen molar-refractivity contribution in [2.24, 2.45) is 5.73 Å². The maximum absolute atomic E-state index is 11.4. The summed E-state index contributed by atoms with van der Waals surface area (Å²) in [6.07, 6.45) is 1.98. The van der Waals surface area contributed by atoms with E-state index in [4.69, 9.17) is 10.5 Å². The van der Waals surface area contributed by atoms with Gasteiger partial charge in [-0.25, -0.2) is 0 Å². The normalized spacial score (nSPS) is 22.1. The number of nitrogens with two attached hydrogens (primary N) is 1. The lowest BCUT2D eigenvalue weighted by atomic mass is 9.93. The standard InChI is InChI=1S/C15H22N2O2/c1-15(2)9-12(7-8-19-15)17-10-11-5-3-4-6-13(11)14(16)18/h3-6,12,17H,7-10H2,1-2H3,(H2,16,18). The van der Waals surface area contributed by atoms with Crippen LogP contribution in [0.5, 0.6) is 0 Å². The summed E-state index contributed by atoms with van der Waals surface area (Å²) in [5.74, 6) is -0.371. The Kier molecular flexibility index (Phi) is 4.22. The Labute approximate surface area is 114 Å². The number of carbonyl (C=O) groups is 1. The van der Waals surface area contributed by atoms with E-state index in [1.165, 1.54) is 0 Å². The van der Waals surface area contributed by atoms with Crippen LogP contribution in [0.25, 0.3) is 0 Å². The van der Waals surface area contributed by atoms with E-state index in [1.807, 2.05) is 18.2 Å². The van der Waals surface area contributed by atoms with Gasteiger partial charge in [-0.3, -0.25) is 4.79 Å². The van der Waals surface area contributed by atoms with Gasteiger partial charge in [0.15, 0.2) is 0 Å². The van der Waals surface area contributed by atoms with E-state index in [0.717, 1.165) is 25.0 Å². The second kappa shape index (κ2) is 5.72. The largest absolute Gasteiger partial charge is 0.375 e. The van der Waals surface area contributed by atoms with Gasteiger partial charge >= 0.3 is 0 Å². The molecule has 19 heavy (non-hydrogen) atoms. The van der Waals surface area contributed by atoms with Crippen LogP contribution >= 0.6 is 0 Å². The molecule has 0 bridgehead atoms. The lowest BCUT2D eigenvalue weighted by Gasteiger charge is -2.36. The minimum atomic E-state index is -0.371. The number of carbonyl (C=O) groups excluding carboxylic acids is 1. The zero-order chi connectivity index (χ0) is 13.9. The fraction of sp³-hybridized carbons (Fsp3) is 0.533. The third kappa shape index (κ3) is 3.78. The zero-order valence-corrected chi connectivity index (χ0v) is 11.6. The number of primary amides is 1. The van der Waals surface area contributed by atoms with Crippen LogP contribution < -0.4 is 11.1 Å². The lowest BCUT2D eigenvalue weighted by molar-refractivity contribution is -0.0630. The Morgan fingerprint density at radius 2 is 2.21 bits per heavy atom. The van der Waals surface area contributed by atoms with E-state index in [-0.39, 0.29) is 11.5 Å². The minimum absolute atomic E-state index is 0.0703. The van der Waals surface area contributed by atoms with E-state index in [9.17, 15) is 4.79 Å². The molecule has 0 aliphatic carbocycles. The Morgan fingerprint density at radius 1 is 1.47 bits per heavy atom. The van der Waals surface area contributed by atoms with Crippen molar-refractivity contribution in [3.8, 4) is 0 Å². The number of ether oxygens (including phenoxy) is 1. The molecule has 1 aromatic carbocycles. The van der Waals surface area contributed by atoms with Crippen molar-refractivity contribution in [3.63, 3.8) is 0 Å². The number of hydrogen-bond acceptors (Lipinski definition) is 3.